The molecule has 3 heterocycles. The van der Waals surface area contributed by atoms with Crippen molar-refractivity contribution in [3.8, 4) is 23.4 Å². The van der Waals surface area contributed by atoms with Gasteiger partial charge < -0.3 is 23.8 Å². The van der Waals surface area contributed by atoms with E-state index in [9.17, 15) is 18.8 Å². The predicted octanol–water partition coefficient (Wildman–Crippen LogP) is 4.55. The zero-order chi connectivity index (χ0) is 28.9. The molecule has 4 rings (SSSR count). The van der Waals surface area contributed by atoms with Crippen molar-refractivity contribution in [2.75, 3.05) is 38.4 Å². The van der Waals surface area contributed by atoms with E-state index in [1.54, 1.807) is 0 Å². The van der Waals surface area contributed by atoms with E-state index < -0.39 is 25.1 Å². The number of rotatable bonds is 11. The number of nitrogens with zero attached hydrogens (tertiary/aromatic N) is 6. The molecule has 12 heteroatoms. The Morgan fingerprint density at radius 3 is 2.75 bits per heavy atom. The van der Waals surface area contributed by atoms with Crippen LogP contribution in [-0.4, -0.2) is 71.2 Å². The number of hydrogen-bond donors (Lipinski definition) is 0. The molecule has 0 atom stereocenters. The highest BCUT2D eigenvalue weighted by molar-refractivity contribution is 5.70. The summed E-state index contributed by atoms with van der Waals surface area (Å²) < 4.78 is 41.6. The van der Waals surface area contributed by atoms with Crippen LogP contribution in [0.3, 0.4) is 0 Å². The molecule has 0 amide bonds. The summed E-state index contributed by atoms with van der Waals surface area (Å²) in [6.07, 6.45) is 1.15. The second-order valence-corrected chi connectivity index (χ2v) is 10.6. The molecule has 10 nitrogen and oxygen atoms in total. The number of aromatic nitrogens is 3. The minimum absolute atomic E-state index is 0.000685. The third kappa shape index (κ3) is 7.09. The maximum atomic E-state index is 12.8. The number of halogens is 2. The van der Waals surface area contributed by atoms with Crippen LogP contribution < -0.4 is 9.64 Å². The maximum Gasteiger partial charge on any atom is 0.307 e. The third-order valence-electron chi connectivity index (χ3n) is 6.11. The van der Waals surface area contributed by atoms with Gasteiger partial charge in [0.2, 0.25) is 5.88 Å². The van der Waals surface area contributed by atoms with Crippen molar-refractivity contribution in [3.63, 3.8) is 0 Å². The summed E-state index contributed by atoms with van der Waals surface area (Å²) in [5, 5.41) is 13.6. The molecule has 0 fully saturated rings. The summed E-state index contributed by atoms with van der Waals surface area (Å²) in [5.41, 5.74) is 3.13. The van der Waals surface area contributed by atoms with Gasteiger partial charge in [0.25, 0.3) is 11.8 Å². The second-order valence-electron chi connectivity index (χ2n) is 10.6. The number of esters is 1. The van der Waals surface area contributed by atoms with Gasteiger partial charge in [-0.05, 0) is 62.7 Å². The van der Waals surface area contributed by atoms with Crippen LogP contribution in [0.1, 0.15) is 43.9 Å². The van der Waals surface area contributed by atoms with E-state index in [1.807, 2.05) is 50.9 Å². The van der Waals surface area contributed by atoms with Crippen molar-refractivity contribution in [2.45, 2.75) is 51.9 Å². The average Bonchev–Trinajstić information content (AvgIpc) is 3.57. The Balaban J connectivity index is 1.41. The second kappa shape index (κ2) is 12.4. The zero-order valence-electron chi connectivity index (χ0n) is 23.0. The Kier molecular flexibility index (Phi) is 8.94. The van der Waals surface area contributed by atoms with Crippen LogP contribution in [0.15, 0.2) is 35.0 Å². The third-order valence-corrected chi connectivity index (χ3v) is 6.11. The number of carbonyl (C=O) groups is 1. The smallest absolute Gasteiger partial charge is 0.307 e. The van der Waals surface area contributed by atoms with Gasteiger partial charge in [0.15, 0.2) is 6.10 Å². The van der Waals surface area contributed by atoms with Crippen LogP contribution >= 0.6 is 0 Å². The lowest BCUT2D eigenvalue weighted by Crippen LogP contribution is -2.27. The van der Waals surface area contributed by atoms with Crippen LogP contribution in [-0.2, 0) is 22.5 Å². The Morgan fingerprint density at radius 2 is 2.05 bits per heavy atom. The number of pyridine rings is 1. The lowest BCUT2D eigenvalue weighted by Gasteiger charge is -2.21. The summed E-state index contributed by atoms with van der Waals surface area (Å²) >= 11 is 0. The van der Waals surface area contributed by atoms with Crippen LogP contribution in [0.2, 0.25) is 0 Å². The molecule has 0 N–H and O–H groups in total. The van der Waals surface area contributed by atoms with E-state index in [4.69, 9.17) is 14.0 Å². The van der Waals surface area contributed by atoms with Crippen LogP contribution in [0, 0.1) is 11.3 Å². The molecule has 0 bridgehead atoms. The lowest BCUT2D eigenvalue weighted by atomic mass is 10.1. The minimum atomic E-state index is -1.33. The normalized spacial score (nSPS) is 13.0. The largest absolute Gasteiger partial charge is 0.468 e. The molecule has 0 radical (unpaired) electrons. The highest BCUT2D eigenvalue weighted by Gasteiger charge is 2.26. The number of hydrogen-bond acceptors (Lipinski definition) is 10. The molecule has 3 aromatic rings. The Labute approximate surface area is 231 Å². The summed E-state index contributed by atoms with van der Waals surface area (Å²) in [6, 6.07) is 9.54. The molecule has 1 aliphatic rings. The van der Waals surface area contributed by atoms with Gasteiger partial charge in [0.1, 0.15) is 30.6 Å². The molecular formula is C28H32F2N6O4. The number of anilines is 2. The summed E-state index contributed by atoms with van der Waals surface area (Å²) in [6.45, 7) is 5.43. The van der Waals surface area contributed by atoms with Gasteiger partial charge in [0.05, 0.1) is 12.0 Å². The predicted molar refractivity (Wildman–Crippen MR) is 143 cm³/mol. The molecule has 0 saturated carbocycles. The standard InChI is InChI=1S/C28H32F2N6O4/c1-28(2,3)39-24(37)8-9-35(4)17-18-5-6-23-19(11-18)7-10-36(23)27-33-26(40-34-27)21-12-20(15-31)25(32-16-21)38-22(13-29)14-30/h5-6,11-12,16,22H,7-10,13-14,17H2,1-4H3. The van der Waals surface area contributed by atoms with Crippen LogP contribution in [0.25, 0.3) is 11.5 Å². The average molecular weight is 555 g/mol. The van der Waals surface area contributed by atoms with E-state index >= 15 is 0 Å². The molecule has 212 valence electrons. The SMILES string of the molecule is CN(CCC(=O)OC(C)(C)C)Cc1ccc2c(c1)CCN2c1noc(-c2cnc(OC(CF)CF)c(C#N)c2)n1. The van der Waals surface area contributed by atoms with Gasteiger partial charge in [-0.2, -0.15) is 10.2 Å². The monoisotopic (exact) mass is 554 g/mol. The van der Waals surface area contributed by atoms with Gasteiger partial charge in [-0.3, -0.25) is 4.79 Å². The van der Waals surface area contributed by atoms with Crippen molar-refractivity contribution in [1.82, 2.24) is 20.0 Å². The Hall–Kier alpha value is -4.11. The van der Waals surface area contributed by atoms with Gasteiger partial charge in [-0.15, -0.1) is 0 Å². The van der Waals surface area contributed by atoms with E-state index in [-0.39, 0.29) is 23.3 Å². The van der Waals surface area contributed by atoms with Crippen molar-refractivity contribution < 1.29 is 27.6 Å². The number of ether oxygens (including phenoxy) is 2. The van der Waals surface area contributed by atoms with E-state index in [0.717, 1.165) is 23.2 Å². The molecule has 0 unspecified atom stereocenters. The molecule has 0 spiro atoms. The van der Waals surface area contributed by atoms with Crippen LogP contribution in [0.5, 0.6) is 5.88 Å². The van der Waals surface area contributed by atoms with Gasteiger partial charge in [0, 0.05) is 31.5 Å². The number of alkyl halides is 2. The molecule has 1 aromatic carbocycles. The fraction of sp³-hybridized carbons (Fsp3) is 0.464. The lowest BCUT2D eigenvalue weighted by molar-refractivity contribution is -0.155. The fourth-order valence-corrected chi connectivity index (χ4v) is 4.27. The molecule has 40 heavy (non-hydrogen) atoms. The van der Waals surface area contributed by atoms with Crippen molar-refractivity contribution in [3.05, 3.63) is 47.2 Å². The first-order valence-electron chi connectivity index (χ1n) is 12.9. The van der Waals surface area contributed by atoms with Crippen molar-refractivity contribution >= 4 is 17.6 Å². The zero-order valence-corrected chi connectivity index (χ0v) is 23.0. The summed E-state index contributed by atoms with van der Waals surface area (Å²) in [5.74, 6) is 0.139. The first kappa shape index (κ1) is 28.9. The number of benzene rings is 1. The highest BCUT2D eigenvalue weighted by atomic mass is 19.1. The topological polar surface area (TPSA) is 118 Å². The number of fused-ring (bicyclic) bond motifs is 1. The molecule has 2 aromatic heterocycles. The van der Waals surface area contributed by atoms with Gasteiger partial charge >= 0.3 is 5.97 Å². The first-order valence-corrected chi connectivity index (χ1v) is 12.9. The molecular weight excluding hydrogens is 522 g/mol. The van der Waals surface area contributed by atoms with E-state index in [0.29, 0.717) is 37.6 Å². The van der Waals surface area contributed by atoms with Crippen LogP contribution in [0.4, 0.5) is 20.4 Å². The van der Waals surface area contributed by atoms with E-state index in [1.165, 1.54) is 12.3 Å². The Bertz CT molecular complexity index is 1380. The highest BCUT2D eigenvalue weighted by Crippen LogP contribution is 2.35. The quantitative estimate of drug-likeness (QED) is 0.313. The molecule has 1 aliphatic heterocycles. The van der Waals surface area contributed by atoms with Gasteiger partial charge in [-0.1, -0.05) is 12.1 Å². The fourth-order valence-electron chi connectivity index (χ4n) is 4.27. The van der Waals surface area contributed by atoms with Crippen molar-refractivity contribution in [2.24, 2.45) is 0 Å². The summed E-state index contributed by atoms with van der Waals surface area (Å²) in [4.78, 5) is 24.6. The number of carbonyl (C=O) groups excluding carboxylic acids is 1. The van der Waals surface area contributed by atoms with Gasteiger partial charge in [-0.25, -0.2) is 13.8 Å². The minimum Gasteiger partial charge on any atom is -0.468 e. The Morgan fingerprint density at radius 1 is 1.27 bits per heavy atom. The van der Waals surface area contributed by atoms with E-state index in [2.05, 4.69) is 26.1 Å². The maximum absolute atomic E-state index is 12.8. The number of nitriles is 1. The molecule has 0 aliphatic carbocycles. The first-order chi connectivity index (χ1) is 19.1. The van der Waals surface area contributed by atoms with Crippen molar-refractivity contribution in [1.29, 1.82) is 5.26 Å². The summed E-state index contributed by atoms with van der Waals surface area (Å²) in [7, 11) is 1.97. The molecule has 0 saturated heterocycles.